The van der Waals surface area contributed by atoms with E-state index >= 15 is 0 Å². The van der Waals surface area contributed by atoms with Gasteiger partial charge in [-0.25, -0.2) is 9.18 Å². The Morgan fingerprint density at radius 2 is 2.03 bits per heavy atom. The van der Waals surface area contributed by atoms with Gasteiger partial charge in [-0.3, -0.25) is 0 Å². The SMILES string of the molecule is CC(C)(C)OC(=O)NC1CCCN(CCCCCCOc2ccc(Br)c(F)c2)C1. The summed E-state index contributed by atoms with van der Waals surface area (Å²) in [5.41, 5.74) is -0.465. The lowest BCUT2D eigenvalue weighted by atomic mass is 10.1. The fourth-order valence-corrected chi connectivity index (χ4v) is 3.64. The predicted octanol–water partition coefficient (Wildman–Crippen LogP) is 5.52. The Hall–Kier alpha value is -1.34. The summed E-state index contributed by atoms with van der Waals surface area (Å²) in [5, 5.41) is 3.00. The first-order valence-electron chi connectivity index (χ1n) is 10.5. The Labute approximate surface area is 182 Å². The second kappa shape index (κ2) is 11.7. The third-order valence-electron chi connectivity index (χ3n) is 4.75. The van der Waals surface area contributed by atoms with E-state index in [1.54, 1.807) is 12.1 Å². The molecule has 2 rings (SSSR count). The van der Waals surface area contributed by atoms with Crippen LogP contribution in [-0.2, 0) is 4.74 Å². The van der Waals surface area contributed by atoms with Crippen molar-refractivity contribution in [1.82, 2.24) is 10.2 Å². The van der Waals surface area contributed by atoms with Gasteiger partial charge >= 0.3 is 6.09 Å². The lowest BCUT2D eigenvalue weighted by Crippen LogP contribution is -2.49. The van der Waals surface area contributed by atoms with Gasteiger partial charge in [-0.2, -0.15) is 0 Å². The number of nitrogens with one attached hydrogen (secondary N) is 1. The first kappa shape index (κ1) is 23.9. The number of carbonyl (C=O) groups excluding carboxylic acids is 1. The number of rotatable bonds is 9. The number of alkyl carbamates (subject to hydrolysis) is 1. The van der Waals surface area contributed by atoms with Gasteiger partial charge in [-0.15, -0.1) is 0 Å². The highest BCUT2D eigenvalue weighted by atomic mass is 79.9. The second-order valence-electron chi connectivity index (χ2n) is 8.62. The summed E-state index contributed by atoms with van der Waals surface area (Å²) in [7, 11) is 0. The molecular formula is C22H34BrFN2O3. The molecule has 0 aromatic heterocycles. The molecule has 1 unspecified atom stereocenters. The standard InChI is InChI=1S/C22H34BrFN2O3/c1-22(2,3)29-21(27)25-17-9-8-13-26(16-17)12-6-4-5-7-14-28-18-10-11-19(23)20(24)15-18/h10-11,15,17H,4-9,12-14,16H2,1-3H3,(H,25,27). The van der Waals surface area contributed by atoms with Crippen LogP contribution in [0.2, 0.25) is 0 Å². The van der Waals surface area contributed by atoms with Crippen molar-refractivity contribution >= 4 is 22.0 Å². The maximum atomic E-state index is 13.4. The van der Waals surface area contributed by atoms with E-state index in [-0.39, 0.29) is 18.0 Å². The van der Waals surface area contributed by atoms with E-state index < -0.39 is 5.60 Å². The highest BCUT2D eigenvalue weighted by Crippen LogP contribution is 2.21. The average Bonchev–Trinajstić information content (AvgIpc) is 2.62. The van der Waals surface area contributed by atoms with Gasteiger partial charge in [-0.1, -0.05) is 12.8 Å². The van der Waals surface area contributed by atoms with E-state index in [0.717, 1.165) is 58.2 Å². The average molecular weight is 473 g/mol. The molecule has 1 aliphatic rings. The van der Waals surface area contributed by atoms with Crippen LogP contribution in [0, 0.1) is 5.82 Å². The molecule has 1 atom stereocenters. The topological polar surface area (TPSA) is 50.8 Å². The molecule has 1 aromatic carbocycles. The van der Waals surface area contributed by atoms with Crippen molar-refractivity contribution in [3.63, 3.8) is 0 Å². The van der Waals surface area contributed by atoms with Crippen molar-refractivity contribution in [3.8, 4) is 5.75 Å². The van der Waals surface area contributed by atoms with Crippen LogP contribution < -0.4 is 10.1 Å². The van der Waals surface area contributed by atoms with Gasteiger partial charge in [0.2, 0.25) is 0 Å². The zero-order valence-corrected chi connectivity index (χ0v) is 19.4. The third kappa shape index (κ3) is 9.81. The molecule has 1 aromatic rings. The van der Waals surface area contributed by atoms with Crippen molar-refractivity contribution in [2.24, 2.45) is 0 Å². The molecule has 1 N–H and O–H groups in total. The van der Waals surface area contributed by atoms with Crippen LogP contribution in [0.1, 0.15) is 59.3 Å². The smallest absolute Gasteiger partial charge is 0.407 e. The van der Waals surface area contributed by atoms with Crippen molar-refractivity contribution in [2.45, 2.75) is 70.9 Å². The Morgan fingerprint density at radius 3 is 2.76 bits per heavy atom. The normalized spacial score (nSPS) is 17.8. The maximum Gasteiger partial charge on any atom is 0.407 e. The van der Waals surface area contributed by atoms with Gasteiger partial charge in [0.1, 0.15) is 17.2 Å². The first-order valence-corrected chi connectivity index (χ1v) is 11.3. The van der Waals surface area contributed by atoms with Crippen LogP contribution in [0.25, 0.3) is 0 Å². The lowest BCUT2D eigenvalue weighted by molar-refractivity contribution is 0.0472. The highest BCUT2D eigenvalue weighted by molar-refractivity contribution is 9.10. The summed E-state index contributed by atoms with van der Waals surface area (Å²) in [6.07, 6.45) is 6.09. The first-order chi connectivity index (χ1) is 13.7. The molecule has 0 saturated carbocycles. The Kier molecular flexibility index (Phi) is 9.69. The zero-order valence-electron chi connectivity index (χ0n) is 17.8. The number of likely N-dealkylation sites (tertiary alicyclic amines) is 1. The second-order valence-corrected chi connectivity index (χ2v) is 9.48. The zero-order chi connectivity index (χ0) is 21.3. The fourth-order valence-electron chi connectivity index (χ4n) is 3.40. The Balaban J connectivity index is 1.54. The van der Waals surface area contributed by atoms with Crippen molar-refractivity contribution in [1.29, 1.82) is 0 Å². The lowest BCUT2D eigenvalue weighted by Gasteiger charge is -2.33. The highest BCUT2D eigenvalue weighted by Gasteiger charge is 2.23. The number of carbonyl (C=O) groups is 1. The number of halogens is 2. The van der Waals surface area contributed by atoms with E-state index in [4.69, 9.17) is 9.47 Å². The van der Waals surface area contributed by atoms with E-state index in [1.165, 1.54) is 6.07 Å². The third-order valence-corrected chi connectivity index (χ3v) is 5.40. The van der Waals surface area contributed by atoms with Crippen LogP contribution in [0.5, 0.6) is 5.75 Å². The maximum absolute atomic E-state index is 13.4. The predicted molar refractivity (Wildman–Crippen MR) is 117 cm³/mol. The molecule has 0 bridgehead atoms. The molecule has 1 aliphatic heterocycles. The molecule has 0 aliphatic carbocycles. The molecule has 7 heteroatoms. The molecule has 0 radical (unpaired) electrons. The van der Waals surface area contributed by atoms with Crippen LogP contribution in [-0.4, -0.2) is 48.9 Å². The Bertz CT molecular complexity index is 651. The number of amides is 1. The molecule has 5 nitrogen and oxygen atoms in total. The molecule has 29 heavy (non-hydrogen) atoms. The summed E-state index contributed by atoms with van der Waals surface area (Å²) in [4.78, 5) is 14.4. The van der Waals surface area contributed by atoms with Crippen LogP contribution in [0.15, 0.2) is 22.7 Å². The van der Waals surface area contributed by atoms with Gasteiger partial charge in [0.25, 0.3) is 0 Å². The molecular weight excluding hydrogens is 439 g/mol. The summed E-state index contributed by atoms with van der Waals surface area (Å²) in [5.74, 6) is 0.269. The summed E-state index contributed by atoms with van der Waals surface area (Å²) >= 11 is 3.14. The summed E-state index contributed by atoms with van der Waals surface area (Å²) in [6, 6.07) is 5.00. The number of ether oxygens (including phenoxy) is 2. The quantitative estimate of drug-likeness (QED) is 0.480. The van der Waals surface area contributed by atoms with E-state index in [2.05, 4.69) is 26.1 Å². The van der Waals surface area contributed by atoms with E-state index in [1.807, 2.05) is 20.8 Å². The van der Waals surface area contributed by atoms with Crippen LogP contribution >= 0.6 is 15.9 Å². The molecule has 1 amide bonds. The number of unbranched alkanes of at least 4 members (excludes halogenated alkanes) is 3. The Morgan fingerprint density at radius 1 is 1.28 bits per heavy atom. The molecule has 1 heterocycles. The minimum absolute atomic E-state index is 0.165. The summed E-state index contributed by atoms with van der Waals surface area (Å²) in [6.45, 7) is 9.26. The van der Waals surface area contributed by atoms with Gasteiger partial charge < -0.3 is 19.7 Å². The number of piperidine rings is 1. The minimum atomic E-state index is -0.465. The van der Waals surface area contributed by atoms with Crippen molar-refractivity contribution in [2.75, 3.05) is 26.2 Å². The van der Waals surface area contributed by atoms with Crippen LogP contribution in [0.4, 0.5) is 9.18 Å². The van der Waals surface area contributed by atoms with Gasteiger partial charge in [-0.05, 0) is 87.6 Å². The van der Waals surface area contributed by atoms with Crippen LogP contribution in [0.3, 0.4) is 0 Å². The van der Waals surface area contributed by atoms with Crippen molar-refractivity contribution < 1.29 is 18.7 Å². The van der Waals surface area contributed by atoms with E-state index in [0.29, 0.717) is 16.8 Å². The van der Waals surface area contributed by atoms with Gasteiger partial charge in [0.05, 0.1) is 11.1 Å². The number of nitrogens with zero attached hydrogens (tertiary/aromatic N) is 1. The molecule has 0 spiro atoms. The van der Waals surface area contributed by atoms with Crippen molar-refractivity contribution in [3.05, 3.63) is 28.5 Å². The molecule has 164 valence electrons. The molecule has 1 saturated heterocycles. The largest absolute Gasteiger partial charge is 0.493 e. The summed E-state index contributed by atoms with van der Waals surface area (Å²) < 4.78 is 24.8. The number of hydrogen-bond acceptors (Lipinski definition) is 4. The van der Waals surface area contributed by atoms with Gasteiger partial charge in [0, 0.05) is 18.7 Å². The fraction of sp³-hybridized carbons (Fsp3) is 0.682. The van der Waals surface area contributed by atoms with E-state index in [9.17, 15) is 9.18 Å². The number of hydrogen-bond donors (Lipinski definition) is 1. The number of benzene rings is 1. The molecule has 1 fully saturated rings. The van der Waals surface area contributed by atoms with Gasteiger partial charge in [0.15, 0.2) is 0 Å². The monoisotopic (exact) mass is 472 g/mol. The minimum Gasteiger partial charge on any atom is -0.493 e.